The fraction of sp³-hybridized carbons (Fsp3) is 0.800. The van der Waals surface area contributed by atoms with Crippen LogP contribution in [-0.2, 0) is 38.1 Å². The molecule has 0 saturated carbocycles. The molecular weight excluding hydrogens is 495 g/mol. The van der Waals surface area contributed by atoms with Crippen LogP contribution in [-0.4, -0.2) is 11.7 Å². The molecule has 3 N–H and O–H groups in total. The fourth-order valence-corrected chi connectivity index (χ4v) is 5.13. The first-order valence-electron chi connectivity index (χ1n) is 13.8. The Bertz CT molecular complexity index is 652. The maximum absolute atomic E-state index is 10.2. The first kappa shape index (κ1) is 33.7. The maximum atomic E-state index is 10.2. The molecule has 0 unspecified atom stereocenters. The first-order valence-corrected chi connectivity index (χ1v) is 13.8. The van der Waals surface area contributed by atoms with Crippen LogP contribution in [0.5, 0.6) is 11.5 Å². The molecule has 1 aromatic carbocycles. The van der Waals surface area contributed by atoms with Gasteiger partial charge in [-0.15, -0.1) is 0 Å². The number of rotatable bonds is 18. The van der Waals surface area contributed by atoms with E-state index in [1.54, 1.807) is 6.07 Å². The molecule has 3 nitrogen and oxygen atoms in total. The number of anilines is 1. The average molecular weight is 551 g/mol. The second-order valence-corrected chi connectivity index (χ2v) is 12.0. The van der Waals surface area contributed by atoms with Crippen LogP contribution in [0.15, 0.2) is 12.1 Å². The molecule has 0 aliphatic carbocycles. The smallest absolute Gasteiger partial charge is 0.139 e. The molecule has 0 saturated heterocycles. The number of aromatic hydroxyl groups is 1. The second kappa shape index (κ2) is 18.0. The third kappa shape index (κ3) is 15.0. The van der Waals surface area contributed by atoms with Crippen LogP contribution in [0.3, 0.4) is 0 Å². The standard InChI is InChI=1S/C30H55NO2.Y/c1-7-8-9-10-11-12-13-14-15-16-17-18-19-20-21-33-28-23-26(31)27(32)22-25(28)30(5,6)24-29(2,3)4;/h22-23,32H,7-21,24,31H2,1-6H3;. The summed E-state index contributed by atoms with van der Waals surface area (Å²) in [5.41, 5.74) is 7.51. The van der Waals surface area contributed by atoms with E-state index in [1.165, 1.54) is 83.5 Å². The topological polar surface area (TPSA) is 55.5 Å². The molecule has 0 bridgehead atoms. The van der Waals surface area contributed by atoms with Gasteiger partial charge in [0.25, 0.3) is 0 Å². The average Bonchev–Trinajstić information content (AvgIpc) is 2.71. The number of phenolic OH excluding ortho intramolecular Hbond substituents is 1. The van der Waals surface area contributed by atoms with E-state index in [2.05, 4.69) is 41.5 Å². The van der Waals surface area contributed by atoms with E-state index in [9.17, 15) is 5.11 Å². The van der Waals surface area contributed by atoms with Crippen molar-refractivity contribution < 1.29 is 42.6 Å². The van der Waals surface area contributed by atoms with Crippen LogP contribution in [0.1, 0.15) is 143 Å². The Morgan fingerprint density at radius 1 is 0.735 bits per heavy atom. The van der Waals surface area contributed by atoms with E-state index < -0.39 is 0 Å². The molecule has 0 aliphatic heterocycles. The minimum absolute atomic E-state index is 0. The van der Waals surface area contributed by atoms with Crippen LogP contribution >= 0.6 is 0 Å². The molecule has 1 radical (unpaired) electrons. The molecule has 0 aromatic heterocycles. The van der Waals surface area contributed by atoms with Gasteiger partial charge in [-0.3, -0.25) is 0 Å². The number of ether oxygens (including phenoxy) is 1. The molecule has 0 spiro atoms. The monoisotopic (exact) mass is 550 g/mol. The predicted octanol–water partition coefficient (Wildman–Crippen LogP) is 9.55. The van der Waals surface area contributed by atoms with Gasteiger partial charge in [0.2, 0.25) is 0 Å². The summed E-state index contributed by atoms with van der Waals surface area (Å²) in [5, 5.41) is 10.2. The second-order valence-electron chi connectivity index (χ2n) is 12.0. The summed E-state index contributed by atoms with van der Waals surface area (Å²) in [4.78, 5) is 0. The number of benzene rings is 1. The zero-order valence-electron chi connectivity index (χ0n) is 23.5. The van der Waals surface area contributed by atoms with Crippen LogP contribution in [0.2, 0.25) is 0 Å². The minimum atomic E-state index is -0.103. The largest absolute Gasteiger partial charge is 0.506 e. The Kier molecular flexibility index (Phi) is 17.9. The van der Waals surface area contributed by atoms with Crippen molar-refractivity contribution in [2.24, 2.45) is 5.41 Å². The zero-order chi connectivity index (χ0) is 24.7. The van der Waals surface area contributed by atoms with Crippen molar-refractivity contribution in [3.8, 4) is 11.5 Å². The predicted molar refractivity (Wildman–Crippen MR) is 145 cm³/mol. The van der Waals surface area contributed by atoms with Crippen molar-refractivity contribution in [1.29, 1.82) is 0 Å². The molecule has 0 amide bonds. The molecular formula is C30H55NO2Y. The van der Waals surface area contributed by atoms with Crippen molar-refractivity contribution in [2.45, 2.75) is 143 Å². The quantitative estimate of drug-likeness (QED) is 0.109. The van der Waals surface area contributed by atoms with Crippen LogP contribution < -0.4 is 10.5 Å². The molecule has 4 heteroatoms. The first-order chi connectivity index (χ1) is 15.6. The Labute approximate surface area is 237 Å². The summed E-state index contributed by atoms with van der Waals surface area (Å²) >= 11 is 0. The van der Waals surface area contributed by atoms with Gasteiger partial charge in [0.1, 0.15) is 11.5 Å². The Hall–Kier alpha value is -0.276. The SMILES string of the molecule is CCCCCCCCCCCCCCCCOc1cc(N)c(O)cc1C(C)(C)CC(C)(C)C.[Y]. The number of hydrogen-bond donors (Lipinski definition) is 2. The summed E-state index contributed by atoms with van der Waals surface area (Å²) in [6, 6.07) is 3.61. The molecule has 34 heavy (non-hydrogen) atoms. The van der Waals surface area contributed by atoms with Gasteiger partial charge in [-0.05, 0) is 29.7 Å². The molecule has 0 atom stereocenters. The van der Waals surface area contributed by atoms with Gasteiger partial charge in [-0.2, -0.15) is 0 Å². The van der Waals surface area contributed by atoms with Gasteiger partial charge in [-0.1, -0.05) is 125 Å². The summed E-state index contributed by atoms with van der Waals surface area (Å²) in [6.07, 6.45) is 20.0. The van der Waals surface area contributed by atoms with Gasteiger partial charge >= 0.3 is 0 Å². The van der Waals surface area contributed by atoms with Gasteiger partial charge in [0.15, 0.2) is 0 Å². The third-order valence-electron chi connectivity index (χ3n) is 6.59. The number of nitrogen functional groups attached to an aromatic ring is 1. The van der Waals surface area contributed by atoms with Gasteiger partial charge < -0.3 is 15.6 Å². The summed E-state index contributed by atoms with van der Waals surface area (Å²) in [7, 11) is 0. The molecule has 1 rings (SSSR count). The molecule has 195 valence electrons. The summed E-state index contributed by atoms with van der Waals surface area (Å²) in [5.74, 6) is 0.977. The van der Waals surface area contributed by atoms with Crippen LogP contribution in [0, 0.1) is 5.41 Å². The van der Waals surface area contributed by atoms with Crippen LogP contribution in [0.25, 0.3) is 0 Å². The number of phenols is 1. The number of unbranched alkanes of at least 4 members (excludes halogenated alkanes) is 13. The van der Waals surface area contributed by atoms with Gasteiger partial charge in [0.05, 0.1) is 12.3 Å². The van der Waals surface area contributed by atoms with E-state index in [4.69, 9.17) is 10.5 Å². The minimum Gasteiger partial charge on any atom is -0.506 e. The number of hydrogen-bond acceptors (Lipinski definition) is 3. The van der Waals surface area contributed by atoms with E-state index in [-0.39, 0.29) is 49.3 Å². The van der Waals surface area contributed by atoms with Crippen LogP contribution in [0.4, 0.5) is 5.69 Å². The summed E-state index contributed by atoms with van der Waals surface area (Å²) in [6.45, 7) is 14.2. The van der Waals surface area contributed by atoms with Gasteiger partial charge in [-0.25, -0.2) is 0 Å². The number of nitrogens with two attached hydrogens (primary N) is 1. The molecule has 1 aromatic rings. The Morgan fingerprint density at radius 3 is 1.62 bits per heavy atom. The van der Waals surface area contributed by atoms with E-state index in [0.717, 1.165) is 24.2 Å². The van der Waals surface area contributed by atoms with Crippen molar-refractivity contribution in [1.82, 2.24) is 0 Å². The Morgan fingerprint density at radius 2 is 1.18 bits per heavy atom. The van der Waals surface area contributed by atoms with E-state index in [0.29, 0.717) is 12.3 Å². The van der Waals surface area contributed by atoms with Crippen molar-refractivity contribution in [2.75, 3.05) is 12.3 Å². The third-order valence-corrected chi connectivity index (χ3v) is 6.59. The molecule has 0 fully saturated rings. The normalized spacial score (nSPS) is 11.9. The van der Waals surface area contributed by atoms with Crippen molar-refractivity contribution >= 4 is 5.69 Å². The van der Waals surface area contributed by atoms with E-state index >= 15 is 0 Å². The fourth-order valence-electron chi connectivity index (χ4n) is 5.13. The van der Waals surface area contributed by atoms with E-state index in [1.807, 2.05) is 6.07 Å². The molecule has 0 aliphatic rings. The Balaban J connectivity index is 0.0000109. The zero-order valence-corrected chi connectivity index (χ0v) is 26.3. The maximum Gasteiger partial charge on any atom is 0.139 e. The van der Waals surface area contributed by atoms with Crippen molar-refractivity contribution in [3.05, 3.63) is 17.7 Å². The van der Waals surface area contributed by atoms with Crippen molar-refractivity contribution in [3.63, 3.8) is 0 Å². The molecule has 0 heterocycles. The van der Waals surface area contributed by atoms with Gasteiger partial charge in [0, 0.05) is 44.3 Å². The summed E-state index contributed by atoms with van der Waals surface area (Å²) < 4.78 is 6.19.